The van der Waals surface area contributed by atoms with Gasteiger partial charge in [-0.3, -0.25) is 0 Å². The Morgan fingerprint density at radius 1 is 0.818 bits per heavy atom. The highest BCUT2D eigenvalue weighted by Gasteiger charge is 2.02. The number of hydrogen-bond donors (Lipinski definition) is 0. The minimum atomic E-state index is -0.193. The molecule has 0 N–H and O–H groups in total. The lowest BCUT2D eigenvalue weighted by Crippen LogP contribution is -2.04. The molecule has 0 amide bonds. The summed E-state index contributed by atoms with van der Waals surface area (Å²) in [7, 11) is 1.28. The Labute approximate surface area is 92.6 Å². The van der Waals surface area contributed by atoms with E-state index in [4.69, 9.17) is 46.4 Å². The molecule has 6 heteroatoms. The van der Waals surface area contributed by atoms with E-state index < -0.39 is 0 Å². The van der Waals surface area contributed by atoms with Gasteiger partial charge in [0.05, 0.1) is 28.0 Å². The van der Waals surface area contributed by atoms with E-state index in [2.05, 4.69) is 0 Å². The molecule has 0 heterocycles. The SMILES string of the molecule is ClC(Cl)[Si]CCC[Si]C(Cl)Cl. The molecule has 0 atom stereocenters. The fraction of sp³-hybridized carbons (Fsp3) is 1.00. The van der Waals surface area contributed by atoms with Crippen molar-refractivity contribution < 1.29 is 0 Å². The summed E-state index contributed by atoms with van der Waals surface area (Å²) in [6, 6.07) is 2.18. The average molecular weight is 266 g/mol. The van der Waals surface area contributed by atoms with E-state index in [0.717, 1.165) is 18.5 Å². The van der Waals surface area contributed by atoms with Crippen LogP contribution in [0.3, 0.4) is 0 Å². The Hall–Kier alpha value is 1.59. The molecule has 0 aliphatic heterocycles. The van der Waals surface area contributed by atoms with Crippen LogP contribution >= 0.6 is 46.4 Å². The maximum atomic E-state index is 5.55. The lowest BCUT2D eigenvalue weighted by molar-refractivity contribution is 1.06. The van der Waals surface area contributed by atoms with Crippen LogP contribution in [-0.2, 0) is 0 Å². The molecule has 0 aromatic carbocycles. The minimum Gasteiger partial charge on any atom is -0.110 e. The second kappa shape index (κ2) is 8.20. The van der Waals surface area contributed by atoms with Gasteiger partial charge >= 0.3 is 0 Å². The van der Waals surface area contributed by atoms with Crippen LogP contribution in [0.15, 0.2) is 0 Å². The van der Waals surface area contributed by atoms with Crippen molar-refractivity contribution in [1.29, 1.82) is 0 Å². The standard InChI is InChI=1S/C5H8Cl4Si2/c6-4(7)10-2-1-3-11-5(8)9/h4-5H,1-3H2. The molecule has 11 heavy (non-hydrogen) atoms. The molecular weight excluding hydrogens is 258 g/mol. The normalized spacial score (nSPS) is 11.5. The van der Waals surface area contributed by atoms with Gasteiger partial charge in [0, 0.05) is 0 Å². The largest absolute Gasteiger partial charge is 0.110 e. The van der Waals surface area contributed by atoms with Crippen LogP contribution in [0, 0.1) is 0 Å². The lowest BCUT2D eigenvalue weighted by atomic mass is 10.6. The van der Waals surface area contributed by atoms with Gasteiger partial charge in [0.2, 0.25) is 0 Å². The summed E-state index contributed by atoms with van der Waals surface area (Å²) < 4.78 is -0.387. The summed E-state index contributed by atoms with van der Waals surface area (Å²) in [5.41, 5.74) is 0. The number of rotatable bonds is 6. The second-order valence-corrected chi connectivity index (χ2v) is 8.49. The van der Waals surface area contributed by atoms with Crippen molar-refractivity contribution in [1.82, 2.24) is 0 Å². The Kier molecular flexibility index (Phi) is 9.39. The number of alkyl halides is 4. The zero-order valence-corrected chi connectivity index (χ0v) is 10.8. The van der Waals surface area contributed by atoms with Crippen LogP contribution in [0.1, 0.15) is 6.42 Å². The predicted molar refractivity (Wildman–Crippen MR) is 56.7 cm³/mol. The minimum absolute atomic E-state index is 0.193. The van der Waals surface area contributed by atoms with E-state index in [1.807, 2.05) is 0 Å². The fourth-order valence-electron chi connectivity index (χ4n) is 0.511. The summed E-state index contributed by atoms with van der Waals surface area (Å²) in [4.78, 5) is 0. The fourth-order valence-corrected chi connectivity index (χ4v) is 3.37. The quantitative estimate of drug-likeness (QED) is 0.393. The van der Waals surface area contributed by atoms with Gasteiger partial charge in [-0.1, -0.05) is 18.5 Å². The van der Waals surface area contributed by atoms with Crippen molar-refractivity contribution in [2.75, 3.05) is 0 Å². The number of hydrogen-bond acceptors (Lipinski definition) is 0. The van der Waals surface area contributed by atoms with Crippen LogP contribution in [0.5, 0.6) is 0 Å². The Morgan fingerprint density at radius 3 is 1.45 bits per heavy atom. The Balaban J connectivity index is 2.91. The van der Waals surface area contributed by atoms with Gasteiger partial charge in [0.1, 0.15) is 0 Å². The van der Waals surface area contributed by atoms with Gasteiger partial charge in [-0.2, -0.15) is 0 Å². The van der Waals surface area contributed by atoms with Crippen molar-refractivity contribution in [3.8, 4) is 0 Å². The van der Waals surface area contributed by atoms with E-state index in [1.165, 1.54) is 0 Å². The van der Waals surface area contributed by atoms with Crippen molar-refractivity contribution in [2.24, 2.45) is 0 Å². The van der Waals surface area contributed by atoms with Gasteiger partial charge in [-0.05, 0) is 0 Å². The van der Waals surface area contributed by atoms with Gasteiger partial charge in [0.15, 0.2) is 0 Å². The predicted octanol–water partition coefficient (Wildman–Crippen LogP) is 3.14. The third-order valence-corrected chi connectivity index (χ3v) is 4.70. The van der Waals surface area contributed by atoms with Gasteiger partial charge in [-0.25, -0.2) is 0 Å². The maximum Gasteiger partial charge on any atom is 0.0929 e. The molecule has 0 unspecified atom stereocenters. The molecule has 0 aromatic rings. The van der Waals surface area contributed by atoms with Crippen molar-refractivity contribution in [3.05, 3.63) is 0 Å². The average Bonchev–Trinajstić information content (AvgIpc) is 1.85. The molecule has 0 bridgehead atoms. The van der Waals surface area contributed by atoms with Crippen molar-refractivity contribution in [2.45, 2.75) is 27.4 Å². The van der Waals surface area contributed by atoms with Crippen LogP contribution in [0.4, 0.5) is 0 Å². The highest BCUT2D eigenvalue weighted by molar-refractivity contribution is 6.69. The first-order valence-electron chi connectivity index (χ1n) is 3.16. The molecule has 0 aromatic heterocycles. The first kappa shape index (κ1) is 12.6. The summed E-state index contributed by atoms with van der Waals surface area (Å²) in [5, 5.41) is 0. The summed E-state index contributed by atoms with van der Waals surface area (Å²) in [5.74, 6) is 0. The monoisotopic (exact) mass is 264 g/mol. The van der Waals surface area contributed by atoms with Crippen LogP contribution in [0.2, 0.25) is 12.1 Å². The van der Waals surface area contributed by atoms with E-state index >= 15 is 0 Å². The van der Waals surface area contributed by atoms with Gasteiger partial charge < -0.3 is 0 Å². The molecule has 0 saturated carbocycles. The zero-order chi connectivity index (χ0) is 8.69. The molecule has 64 valence electrons. The van der Waals surface area contributed by atoms with E-state index in [1.54, 1.807) is 0 Å². The van der Waals surface area contributed by atoms with Gasteiger partial charge in [0.25, 0.3) is 0 Å². The third kappa shape index (κ3) is 11.6. The van der Waals surface area contributed by atoms with E-state index in [0.29, 0.717) is 19.0 Å². The summed E-state index contributed by atoms with van der Waals surface area (Å²) >= 11 is 22.2. The molecule has 0 aliphatic rings. The highest BCUT2D eigenvalue weighted by atomic mass is 35.5. The molecule has 0 saturated heterocycles. The van der Waals surface area contributed by atoms with Crippen molar-refractivity contribution in [3.63, 3.8) is 0 Å². The summed E-state index contributed by atoms with van der Waals surface area (Å²) in [6.45, 7) is 0. The molecule has 4 radical (unpaired) electrons. The first-order valence-corrected chi connectivity index (χ1v) is 7.47. The van der Waals surface area contributed by atoms with Gasteiger partial charge in [-0.15, -0.1) is 46.4 Å². The Bertz CT molecular complexity index is 78.6. The molecule has 0 nitrogen and oxygen atoms in total. The number of halogens is 4. The molecule has 0 rings (SSSR count). The topological polar surface area (TPSA) is 0 Å². The van der Waals surface area contributed by atoms with Crippen LogP contribution in [0.25, 0.3) is 0 Å². The lowest BCUT2D eigenvalue weighted by Gasteiger charge is -1.99. The molecule has 0 aliphatic carbocycles. The van der Waals surface area contributed by atoms with Crippen molar-refractivity contribution >= 4 is 65.4 Å². The Morgan fingerprint density at radius 2 is 1.18 bits per heavy atom. The first-order chi connectivity index (χ1) is 5.13. The molecule has 0 spiro atoms. The second-order valence-electron chi connectivity index (χ2n) is 1.86. The zero-order valence-electron chi connectivity index (χ0n) is 5.79. The summed E-state index contributed by atoms with van der Waals surface area (Å²) in [6.07, 6.45) is 1.13. The molecular formula is C5H8Cl4Si2. The smallest absolute Gasteiger partial charge is 0.0929 e. The third-order valence-electron chi connectivity index (χ3n) is 0.951. The molecule has 0 fully saturated rings. The van der Waals surface area contributed by atoms with E-state index in [-0.39, 0.29) is 8.92 Å². The highest BCUT2D eigenvalue weighted by Crippen LogP contribution is 2.08. The van der Waals surface area contributed by atoms with Crippen LogP contribution in [-0.4, -0.2) is 28.0 Å². The van der Waals surface area contributed by atoms with Crippen LogP contribution < -0.4 is 0 Å². The van der Waals surface area contributed by atoms with E-state index in [9.17, 15) is 0 Å². The maximum absolute atomic E-state index is 5.55.